The summed E-state index contributed by atoms with van der Waals surface area (Å²) in [6, 6.07) is 21.0. The second-order valence-electron chi connectivity index (χ2n) is 7.72. The van der Waals surface area contributed by atoms with Crippen LogP contribution in [0, 0.1) is 5.82 Å². The van der Waals surface area contributed by atoms with Gasteiger partial charge in [-0.2, -0.15) is 0 Å². The van der Waals surface area contributed by atoms with Crippen molar-refractivity contribution in [3.05, 3.63) is 88.7 Å². The molecule has 3 aromatic rings. The molecule has 152 valence electrons. The van der Waals surface area contributed by atoms with Crippen LogP contribution >= 0.6 is 11.6 Å². The van der Waals surface area contributed by atoms with Gasteiger partial charge in [-0.1, -0.05) is 35.9 Å². The summed E-state index contributed by atoms with van der Waals surface area (Å²) >= 11 is 6.26. The highest BCUT2D eigenvalue weighted by Crippen LogP contribution is 2.34. The Morgan fingerprint density at radius 2 is 1.63 bits per heavy atom. The third-order valence-corrected chi connectivity index (χ3v) is 5.93. The first-order valence-electron chi connectivity index (χ1n) is 10.2. The van der Waals surface area contributed by atoms with E-state index >= 15 is 0 Å². The Kier molecular flexibility index (Phi) is 5.15. The maximum atomic E-state index is 13.2. The summed E-state index contributed by atoms with van der Waals surface area (Å²) in [7, 11) is 0. The van der Waals surface area contributed by atoms with Crippen LogP contribution in [0.3, 0.4) is 0 Å². The van der Waals surface area contributed by atoms with Crippen molar-refractivity contribution in [2.75, 3.05) is 36.8 Å². The number of hydrogen-bond donors (Lipinski definition) is 2. The average molecular weight is 422 g/mol. The van der Waals surface area contributed by atoms with Crippen molar-refractivity contribution in [1.29, 1.82) is 0 Å². The fourth-order valence-electron chi connectivity index (χ4n) is 4.09. The number of amidine groups is 1. The van der Waals surface area contributed by atoms with E-state index in [1.807, 2.05) is 36.4 Å². The summed E-state index contributed by atoms with van der Waals surface area (Å²) in [5.41, 5.74) is 5.36. The van der Waals surface area contributed by atoms with E-state index in [1.54, 1.807) is 0 Å². The Hall–Kier alpha value is -2.89. The molecular formula is C24H23ClFN4+. The Balaban J connectivity index is 1.41. The van der Waals surface area contributed by atoms with Gasteiger partial charge in [0.25, 0.3) is 5.84 Å². The molecule has 4 nitrogen and oxygen atoms in total. The van der Waals surface area contributed by atoms with E-state index in [2.05, 4.69) is 38.3 Å². The van der Waals surface area contributed by atoms with E-state index in [4.69, 9.17) is 11.6 Å². The molecule has 0 spiro atoms. The van der Waals surface area contributed by atoms with Gasteiger partial charge in [-0.3, -0.25) is 9.48 Å². The molecule has 0 unspecified atom stereocenters. The summed E-state index contributed by atoms with van der Waals surface area (Å²) < 4.78 is 15.6. The average Bonchev–Trinajstić information content (AvgIpc) is 2.92. The van der Waals surface area contributed by atoms with Crippen LogP contribution in [0.15, 0.2) is 66.7 Å². The molecule has 0 saturated carbocycles. The first-order chi connectivity index (χ1) is 14.7. The van der Waals surface area contributed by atoms with E-state index in [0.717, 1.165) is 66.7 Å². The zero-order valence-electron chi connectivity index (χ0n) is 16.5. The van der Waals surface area contributed by atoms with Gasteiger partial charge < -0.3 is 5.32 Å². The highest BCUT2D eigenvalue weighted by Gasteiger charge is 2.28. The third kappa shape index (κ3) is 3.91. The molecule has 1 saturated heterocycles. The number of anilines is 3. The number of halogens is 2. The lowest BCUT2D eigenvalue weighted by Crippen LogP contribution is -2.45. The van der Waals surface area contributed by atoms with Gasteiger partial charge in [-0.15, -0.1) is 0 Å². The molecule has 3 aromatic carbocycles. The van der Waals surface area contributed by atoms with Crippen LogP contribution in [0.5, 0.6) is 0 Å². The third-order valence-electron chi connectivity index (χ3n) is 5.69. The summed E-state index contributed by atoms with van der Waals surface area (Å²) in [5.74, 6) is 0.910. The molecule has 0 amide bonds. The monoisotopic (exact) mass is 421 g/mol. The molecule has 0 aliphatic carbocycles. The van der Waals surface area contributed by atoms with Crippen LogP contribution in [-0.2, 0) is 6.54 Å². The van der Waals surface area contributed by atoms with Crippen molar-refractivity contribution in [1.82, 2.24) is 4.90 Å². The smallest absolute Gasteiger partial charge is 0.284 e. The summed E-state index contributed by atoms with van der Waals surface area (Å²) in [4.78, 5) is 2.41. The SMILES string of the molecule is Fc1ccc(CN2CC[N+](=C3Nc4cc(Cl)ccc4Nc4ccccc43)CC2)cc1. The maximum Gasteiger partial charge on any atom is 0.284 e. The Morgan fingerprint density at radius 1 is 0.867 bits per heavy atom. The maximum absolute atomic E-state index is 13.2. The lowest BCUT2D eigenvalue weighted by Gasteiger charge is -2.28. The number of para-hydroxylation sites is 1. The molecule has 2 aliphatic heterocycles. The highest BCUT2D eigenvalue weighted by molar-refractivity contribution is 6.31. The molecule has 1 fully saturated rings. The van der Waals surface area contributed by atoms with Gasteiger partial charge in [0.2, 0.25) is 0 Å². The fraction of sp³-hybridized carbons (Fsp3) is 0.208. The summed E-state index contributed by atoms with van der Waals surface area (Å²) in [5, 5.41) is 7.87. The van der Waals surface area contributed by atoms with Crippen LogP contribution < -0.4 is 10.6 Å². The van der Waals surface area contributed by atoms with Crippen molar-refractivity contribution >= 4 is 34.5 Å². The van der Waals surface area contributed by atoms with Gasteiger partial charge in [-0.25, -0.2) is 9.71 Å². The number of hydrogen-bond acceptors (Lipinski definition) is 2. The van der Waals surface area contributed by atoms with Crippen LogP contribution in [0.2, 0.25) is 5.02 Å². The van der Waals surface area contributed by atoms with Gasteiger partial charge >= 0.3 is 0 Å². The molecule has 30 heavy (non-hydrogen) atoms. The predicted octanol–water partition coefficient (Wildman–Crippen LogP) is 4.92. The van der Waals surface area contributed by atoms with Gasteiger partial charge in [0, 0.05) is 30.7 Å². The molecule has 2 aliphatic rings. The number of benzene rings is 3. The normalized spacial score (nSPS) is 16.2. The number of rotatable bonds is 2. The molecule has 2 heterocycles. The zero-order chi connectivity index (χ0) is 20.5. The van der Waals surface area contributed by atoms with Crippen LogP contribution in [0.4, 0.5) is 21.5 Å². The molecule has 5 rings (SSSR count). The quantitative estimate of drug-likeness (QED) is 0.575. The van der Waals surface area contributed by atoms with Crippen molar-refractivity contribution < 1.29 is 8.97 Å². The van der Waals surface area contributed by atoms with Crippen LogP contribution in [-0.4, -0.2) is 41.5 Å². The number of fused-ring (bicyclic) bond motifs is 2. The second kappa shape index (κ2) is 8.09. The predicted molar refractivity (Wildman–Crippen MR) is 121 cm³/mol. The zero-order valence-corrected chi connectivity index (χ0v) is 17.3. The van der Waals surface area contributed by atoms with Gasteiger partial charge in [0.15, 0.2) is 0 Å². The minimum atomic E-state index is -0.188. The van der Waals surface area contributed by atoms with Crippen LogP contribution in [0.1, 0.15) is 11.1 Å². The van der Waals surface area contributed by atoms with Crippen molar-refractivity contribution in [2.45, 2.75) is 6.54 Å². The Bertz CT molecular complexity index is 1100. The van der Waals surface area contributed by atoms with E-state index in [1.165, 1.54) is 12.1 Å². The number of piperazine rings is 1. The van der Waals surface area contributed by atoms with Gasteiger partial charge in [0.05, 0.1) is 30.0 Å². The van der Waals surface area contributed by atoms with E-state index in [0.29, 0.717) is 5.02 Å². The van der Waals surface area contributed by atoms with Gasteiger partial charge in [0.1, 0.15) is 11.5 Å². The number of nitrogens with zero attached hydrogens (tertiary/aromatic N) is 2. The topological polar surface area (TPSA) is 30.3 Å². The number of nitrogens with one attached hydrogen (secondary N) is 2. The fourth-order valence-corrected chi connectivity index (χ4v) is 4.27. The highest BCUT2D eigenvalue weighted by atomic mass is 35.5. The molecule has 6 heteroatoms. The second-order valence-corrected chi connectivity index (χ2v) is 8.16. The lowest BCUT2D eigenvalue weighted by molar-refractivity contribution is -0.539. The molecular weight excluding hydrogens is 399 g/mol. The summed E-state index contributed by atoms with van der Waals surface area (Å²) in [6.07, 6.45) is 0. The standard InChI is InChI=1S/C24H22ClFN4/c25-18-7-10-22-23(15-18)28-24(20-3-1-2-4-21(20)27-22)30-13-11-29(12-14-30)16-17-5-8-19(26)9-6-17/h1-10,15H,11-14,16H2,(H,27,28)/p+1. The molecule has 0 radical (unpaired) electrons. The Morgan fingerprint density at radius 3 is 2.43 bits per heavy atom. The van der Waals surface area contributed by atoms with Crippen LogP contribution in [0.25, 0.3) is 0 Å². The van der Waals surface area contributed by atoms with Gasteiger partial charge in [-0.05, 0) is 42.0 Å². The first-order valence-corrected chi connectivity index (χ1v) is 10.6. The molecule has 0 bridgehead atoms. The lowest BCUT2D eigenvalue weighted by atomic mass is 10.1. The van der Waals surface area contributed by atoms with E-state index < -0.39 is 0 Å². The Labute approximate surface area is 180 Å². The van der Waals surface area contributed by atoms with Crippen molar-refractivity contribution in [3.8, 4) is 0 Å². The van der Waals surface area contributed by atoms with E-state index in [9.17, 15) is 4.39 Å². The van der Waals surface area contributed by atoms with Crippen molar-refractivity contribution in [2.24, 2.45) is 0 Å². The first kappa shape index (κ1) is 19.1. The largest absolute Gasteiger partial charge is 0.351 e. The van der Waals surface area contributed by atoms with E-state index in [-0.39, 0.29) is 5.82 Å². The minimum absolute atomic E-state index is 0.188. The molecule has 0 aromatic heterocycles. The van der Waals surface area contributed by atoms with Crippen molar-refractivity contribution in [3.63, 3.8) is 0 Å². The molecule has 0 atom stereocenters. The molecule has 2 N–H and O–H groups in total. The summed E-state index contributed by atoms with van der Waals surface area (Å²) in [6.45, 7) is 4.55. The minimum Gasteiger partial charge on any atom is -0.351 e.